The average Bonchev–Trinajstić information content (AvgIpc) is 2.18. The van der Waals surface area contributed by atoms with Gasteiger partial charge in [-0.25, -0.2) is 0 Å². The predicted molar refractivity (Wildman–Crippen MR) is 55.6 cm³/mol. The van der Waals surface area contributed by atoms with E-state index in [2.05, 4.69) is 6.07 Å². The molecule has 0 rings (SSSR count). The van der Waals surface area contributed by atoms with Gasteiger partial charge in [-0.3, -0.25) is 9.69 Å². The van der Waals surface area contributed by atoms with Crippen LogP contribution in [0.15, 0.2) is 0 Å². The van der Waals surface area contributed by atoms with Gasteiger partial charge in [0.25, 0.3) is 0 Å². The van der Waals surface area contributed by atoms with E-state index < -0.39 is 0 Å². The van der Waals surface area contributed by atoms with Gasteiger partial charge in [-0.1, -0.05) is 0 Å². The lowest BCUT2D eigenvalue weighted by Crippen LogP contribution is -2.41. The first kappa shape index (κ1) is 12.9. The molecule has 0 spiro atoms. The van der Waals surface area contributed by atoms with E-state index in [4.69, 9.17) is 5.26 Å². The predicted octanol–water partition coefficient (Wildman–Crippen LogP) is 0.699. The van der Waals surface area contributed by atoms with E-state index in [1.165, 1.54) is 0 Å². The highest BCUT2D eigenvalue weighted by Gasteiger charge is 2.15. The molecule has 0 aromatic carbocycles. The number of carbonyl (C=O) groups is 1. The van der Waals surface area contributed by atoms with Crippen LogP contribution in [0.4, 0.5) is 0 Å². The van der Waals surface area contributed by atoms with Crippen molar-refractivity contribution in [2.75, 3.05) is 26.7 Å². The summed E-state index contributed by atoms with van der Waals surface area (Å²) >= 11 is 0. The Kier molecular flexibility index (Phi) is 5.89. The average molecular weight is 197 g/mol. The van der Waals surface area contributed by atoms with Gasteiger partial charge in [0.2, 0.25) is 5.91 Å². The maximum absolute atomic E-state index is 11.6. The number of nitrogens with zero attached hydrogens (tertiary/aromatic N) is 3. The molecule has 1 atom stereocenters. The van der Waals surface area contributed by atoms with Crippen molar-refractivity contribution in [3.63, 3.8) is 0 Å². The van der Waals surface area contributed by atoms with E-state index in [0.29, 0.717) is 6.54 Å². The largest absolute Gasteiger partial charge is 0.342 e. The molecule has 1 unspecified atom stereocenters. The molecule has 0 saturated carbocycles. The monoisotopic (exact) mass is 197 g/mol. The highest BCUT2D eigenvalue weighted by molar-refractivity contribution is 5.78. The lowest BCUT2D eigenvalue weighted by molar-refractivity contribution is -0.131. The Bertz CT molecular complexity index is 218. The van der Waals surface area contributed by atoms with Crippen LogP contribution in [0.1, 0.15) is 20.8 Å². The molecule has 0 aliphatic rings. The molecule has 0 N–H and O–H groups in total. The van der Waals surface area contributed by atoms with Gasteiger partial charge in [0.1, 0.15) is 0 Å². The summed E-state index contributed by atoms with van der Waals surface area (Å²) in [4.78, 5) is 15.1. The van der Waals surface area contributed by atoms with Gasteiger partial charge in [-0.15, -0.1) is 0 Å². The van der Waals surface area contributed by atoms with Crippen molar-refractivity contribution in [2.24, 2.45) is 0 Å². The minimum Gasteiger partial charge on any atom is -0.342 e. The number of amides is 1. The quantitative estimate of drug-likeness (QED) is 0.651. The lowest BCUT2D eigenvalue weighted by Gasteiger charge is -2.24. The fraction of sp³-hybridized carbons (Fsp3) is 0.800. The number of carbonyl (C=O) groups excluding carboxylic acids is 1. The van der Waals surface area contributed by atoms with Crippen molar-refractivity contribution in [3.8, 4) is 6.07 Å². The maximum Gasteiger partial charge on any atom is 0.236 e. The first-order valence-corrected chi connectivity index (χ1v) is 4.94. The molecule has 4 nitrogen and oxygen atoms in total. The Morgan fingerprint density at radius 1 is 1.43 bits per heavy atom. The van der Waals surface area contributed by atoms with Gasteiger partial charge < -0.3 is 4.90 Å². The van der Waals surface area contributed by atoms with Crippen LogP contribution >= 0.6 is 0 Å². The molecule has 0 aromatic rings. The van der Waals surface area contributed by atoms with Gasteiger partial charge in [0.15, 0.2) is 0 Å². The Morgan fingerprint density at radius 2 is 1.93 bits per heavy atom. The molecule has 0 heterocycles. The molecule has 0 radical (unpaired) electrons. The summed E-state index contributed by atoms with van der Waals surface area (Å²) < 4.78 is 0. The molecular weight excluding hydrogens is 178 g/mol. The number of hydrogen-bond acceptors (Lipinski definition) is 3. The zero-order valence-corrected chi connectivity index (χ0v) is 9.45. The van der Waals surface area contributed by atoms with Gasteiger partial charge in [-0.05, 0) is 27.8 Å². The van der Waals surface area contributed by atoms with Gasteiger partial charge >= 0.3 is 0 Å². The van der Waals surface area contributed by atoms with Crippen molar-refractivity contribution >= 4 is 5.91 Å². The highest BCUT2D eigenvalue weighted by Crippen LogP contribution is 1.96. The van der Waals surface area contributed by atoms with Crippen LogP contribution in [0, 0.1) is 11.3 Å². The third kappa shape index (κ3) is 3.75. The molecule has 80 valence electrons. The second-order valence-corrected chi connectivity index (χ2v) is 3.29. The first-order valence-electron chi connectivity index (χ1n) is 4.94. The Labute approximate surface area is 86.1 Å². The first-order chi connectivity index (χ1) is 6.56. The number of likely N-dealkylation sites (N-methyl/N-ethyl adjacent to an activating group) is 2. The molecule has 4 heteroatoms. The van der Waals surface area contributed by atoms with E-state index in [1.54, 1.807) is 23.8 Å². The lowest BCUT2D eigenvalue weighted by atomic mass is 10.3. The van der Waals surface area contributed by atoms with Crippen LogP contribution in [0.3, 0.4) is 0 Å². The molecule has 14 heavy (non-hydrogen) atoms. The molecule has 0 aliphatic carbocycles. The summed E-state index contributed by atoms with van der Waals surface area (Å²) in [5.74, 6) is 0.0830. The van der Waals surface area contributed by atoms with Crippen LogP contribution < -0.4 is 0 Å². The van der Waals surface area contributed by atoms with Crippen molar-refractivity contribution in [1.29, 1.82) is 5.26 Å². The fourth-order valence-corrected chi connectivity index (χ4v) is 1.13. The van der Waals surface area contributed by atoms with Gasteiger partial charge in [0, 0.05) is 13.1 Å². The summed E-state index contributed by atoms with van der Waals surface area (Å²) in [5, 5.41) is 8.65. The van der Waals surface area contributed by atoms with E-state index >= 15 is 0 Å². The summed E-state index contributed by atoms with van der Waals surface area (Å²) in [5.41, 5.74) is 0. The zero-order valence-electron chi connectivity index (χ0n) is 9.45. The summed E-state index contributed by atoms with van der Waals surface area (Å²) in [6.45, 7) is 7.46. The fourth-order valence-electron chi connectivity index (χ4n) is 1.13. The van der Waals surface area contributed by atoms with Gasteiger partial charge in [-0.2, -0.15) is 5.26 Å². The van der Waals surface area contributed by atoms with Gasteiger partial charge in [0.05, 0.1) is 18.7 Å². The third-order valence-electron chi connectivity index (χ3n) is 2.35. The third-order valence-corrected chi connectivity index (χ3v) is 2.35. The van der Waals surface area contributed by atoms with Crippen molar-refractivity contribution in [2.45, 2.75) is 26.8 Å². The minimum atomic E-state index is -0.213. The van der Waals surface area contributed by atoms with Crippen molar-refractivity contribution in [1.82, 2.24) is 9.80 Å². The SMILES string of the molecule is CCN(CC)C(=O)CN(C)C(C)C#N. The molecular formula is C10H19N3O. The Balaban J connectivity index is 4.12. The second kappa shape index (κ2) is 6.39. The van der Waals surface area contributed by atoms with E-state index in [0.717, 1.165) is 13.1 Å². The van der Waals surface area contributed by atoms with Crippen LogP contribution in [0.25, 0.3) is 0 Å². The van der Waals surface area contributed by atoms with Crippen LogP contribution in [-0.4, -0.2) is 48.4 Å². The van der Waals surface area contributed by atoms with Crippen molar-refractivity contribution in [3.05, 3.63) is 0 Å². The molecule has 0 bridgehead atoms. The standard InChI is InChI=1S/C10H19N3O/c1-5-13(6-2)10(14)8-12(4)9(3)7-11/h9H,5-6,8H2,1-4H3. The summed E-state index contributed by atoms with van der Waals surface area (Å²) in [6, 6.07) is 1.89. The summed E-state index contributed by atoms with van der Waals surface area (Å²) in [7, 11) is 1.79. The van der Waals surface area contributed by atoms with Crippen LogP contribution in [-0.2, 0) is 4.79 Å². The second-order valence-electron chi connectivity index (χ2n) is 3.29. The minimum absolute atomic E-state index is 0.0830. The summed E-state index contributed by atoms with van der Waals surface area (Å²) in [6.07, 6.45) is 0. The Morgan fingerprint density at radius 3 is 2.29 bits per heavy atom. The van der Waals surface area contributed by atoms with Crippen LogP contribution in [0.2, 0.25) is 0 Å². The van der Waals surface area contributed by atoms with E-state index in [1.807, 2.05) is 13.8 Å². The van der Waals surface area contributed by atoms with E-state index in [-0.39, 0.29) is 11.9 Å². The molecule has 1 amide bonds. The smallest absolute Gasteiger partial charge is 0.236 e. The molecule has 0 fully saturated rings. The maximum atomic E-state index is 11.6. The number of hydrogen-bond donors (Lipinski definition) is 0. The van der Waals surface area contributed by atoms with E-state index in [9.17, 15) is 4.79 Å². The zero-order chi connectivity index (χ0) is 11.1. The molecule has 0 aliphatic heterocycles. The highest BCUT2D eigenvalue weighted by atomic mass is 16.2. The number of rotatable bonds is 5. The molecule has 0 aromatic heterocycles. The normalized spacial score (nSPS) is 12.3. The van der Waals surface area contributed by atoms with Crippen molar-refractivity contribution < 1.29 is 4.79 Å². The van der Waals surface area contributed by atoms with Crippen LogP contribution in [0.5, 0.6) is 0 Å². The topological polar surface area (TPSA) is 47.3 Å². The Hall–Kier alpha value is -1.08. The number of nitriles is 1. The molecule has 0 saturated heterocycles.